The van der Waals surface area contributed by atoms with Crippen LogP contribution < -0.4 is 0 Å². The summed E-state index contributed by atoms with van der Waals surface area (Å²) in [7, 11) is -0.944. The topological polar surface area (TPSA) is 43.9 Å². The van der Waals surface area contributed by atoms with Crippen molar-refractivity contribution in [2.45, 2.75) is 25.8 Å². The van der Waals surface area contributed by atoms with Crippen LogP contribution in [0.25, 0.3) is 0 Å². The van der Waals surface area contributed by atoms with E-state index in [1.165, 1.54) is 0 Å². The maximum Gasteiger partial charge on any atom is 0.214 e. The number of nitrogens with zero attached hydrogens (tertiary/aromatic N) is 3. The van der Waals surface area contributed by atoms with E-state index in [1.54, 1.807) is 10.4 Å². The van der Waals surface area contributed by atoms with Gasteiger partial charge in [-0.1, -0.05) is 13.0 Å². The minimum atomic E-state index is -3.11. The molecule has 0 amide bonds. The molecule has 5 nitrogen and oxygen atoms in total. The third-order valence-corrected chi connectivity index (χ3v) is 6.67. The van der Waals surface area contributed by atoms with Gasteiger partial charge in [-0.05, 0) is 25.8 Å². The molecule has 0 aliphatic carbocycles. The molecule has 2 aliphatic heterocycles. The summed E-state index contributed by atoms with van der Waals surface area (Å²) in [6.07, 6.45) is 3.17. The predicted octanol–water partition coefficient (Wildman–Crippen LogP) is 0.850. The fourth-order valence-corrected chi connectivity index (χ4v) is 4.97. The SMILES string of the molecule is C=CCCS(=O)(=O)N1CC[C@@H](N2CCN(C)CC2)[C@H](C)C1. The average molecular weight is 315 g/mol. The molecule has 0 N–H and O–H groups in total. The Morgan fingerprint density at radius 2 is 1.86 bits per heavy atom. The van der Waals surface area contributed by atoms with Gasteiger partial charge in [0.25, 0.3) is 0 Å². The second-order valence-electron chi connectivity index (χ2n) is 6.42. The Balaban J connectivity index is 1.91. The van der Waals surface area contributed by atoms with Crippen LogP contribution in [-0.2, 0) is 10.0 Å². The Bertz CT molecular complexity index is 444. The van der Waals surface area contributed by atoms with Crippen LogP contribution in [0.5, 0.6) is 0 Å². The first-order chi connectivity index (χ1) is 9.94. The average Bonchev–Trinajstić information content (AvgIpc) is 2.46. The number of rotatable bonds is 5. The van der Waals surface area contributed by atoms with Crippen LogP contribution in [0.3, 0.4) is 0 Å². The number of likely N-dealkylation sites (N-methyl/N-ethyl adjacent to an activating group) is 1. The smallest absolute Gasteiger partial charge is 0.214 e. The molecule has 2 fully saturated rings. The van der Waals surface area contributed by atoms with Crippen molar-refractivity contribution in [2.24, 2.45) is 5.92 Å². The summed E-state index contributed by atoms with van der Waals surface area (Å²) in [5, 5.41) is 0. The molecule has 2 aliphatic rings. The molecule has 2 rings (SSSR count). The van der Waals surface area contributed by atoms with Gasteiger partial charge in [-0.25, -0.2) is 12.7 Å². The molecule has 0 spiro atoms. The summed E-state index contributed by atoms with van der Waals surface area (Å²) in [5.41, 5.74) is 0. The first-order valence-electron chi connectivity index (χ1n) is 7.95. The largest absolute Gasteiger partial charge is 0.304 e. The fraction of sp³-hybridized carbons (Fsp3) is 0.867. The van der Waals surface area contributed by atoms with E-state index in [1.807, 2.05) is 0 Å². The first-order valence-corrected chi connectivity index (χ1v) is 9.56. The number of hydrogen-bond acceptors (Lipinski definition) is 4. The number of piperidine rings is 1. The molecular formula is C15H29N3O2S. The molecule has 6 heteroatoms. The van der Waals surface area contributed by atoms with E-state index in [2.05, 4.69) is 30.4 Å². The van der Waals surface area contributed by atoms with E-state index in [-0.39, 0.29) is 5.75 Å². The van der Waals surface area contributed by atoms with Gasteiger partial charge in [0.05, 0.1) is 5.75 Å². The van der Waals surface area contributed by atoms with Crippen LogP contribution in [0, 0.1) is 5.92 Å². The van der Waals surface area contributed by atoms with Crippen LogP contribution in [0.4, 0.5) is 0 Å². The Morgan fingerprint density at radius 1 is 1.19 bits per heavy atom. The third-order valence-electron chi connectivity index (χ3n) is 4.80. The van der Waals surface area contributed by atoms with E-state index in [9.17, 15) is 8.42 Å². The van der Waals surface area contributed by atoms with Crippen LogP contribution in [0.1, 0.15) is 19.8 Å². The molecule has 0 radical (unpaired) electrons. The fourth-order valence-electron chi connectivity index (χ4n) is 3.40. The van der Waals surface area contributed by atoms with Gasteiger partial charge in [-0.3, -0.25) is 4.90 Å². The Hall–Kier alpha value is -0.430. The molecule has 0 aromatic rings. The highest BCUT2D eigenvalue weighted by atomic mass is 32.2. The summed E-state index contributed by atoms with van der Waals surface area (Å²) >= 11 is 0. The van der Waals surface area contributed by atoms with Crippen LogP contribution in [0.2, 0.25) is 0 Å². The van der Waals surface area contributed by atoms with Crippen molar-refractivity contribution in [3.63, 3.8) is 0 Å². The van der Waals surface area contributed by atoms with Gasteiger partial charge in [0.15, 0.2) is 0 Å². The second-order valence-corrected chi connectivity index (χ2v) is 8.51. The highest BCUT2D eigenvalue weighted by Gasteiger charge is 2.35. The quantitative estimate of drug-likeness (QED) is 0.706. The van der Waals surface area contributed by atoms with E-state index in [0.717, 1.165) is 32.6 Å². The van der Waals surface area contributed by atoms with E-state index in [4.69, 9.17) is 0 Å². The summed E-state index contributed by atoms with van der Waals surface area (Å²) in [6, 6.07) is 0.532. The Morgan fingerprint density at radius 3 is 2.43 bits per heavy atom. The molecule has 21 heavy (non-hydrogen) atoms. The van der Waals surface area contributed by atoms with Gasteiger partial charge in [0.2, 0.25) is 10.0 Å². The molecule has 0 saturated carbocycles. The van der Waals surface area contributed by atoms with E-state index >= 15 is 0 Å². The monoisotopic (exact) mass is 315 g/mol. The number of sulfonamides is 1. The minimum Gasteiger partial charge on any atom is -0.304 e. The van der Waals surface area contributed by atoms with Crippen LogP contribution >= 0.6 is 0 Å². The van der Waals surface area contributed by atoms with Crippen molar-refractivity contribution >= 4 is 10.0 Å². The summed E-state index contributed by atoms with van der Waals surface area (Å²) in [6.45, 7) is 11.6. The lowest BCUT2D eigenvalue weighted by atomic mass is 9.93. The van der Waals surface area contributed by atoms with Gasteiger partial charge in [0, 0.05) is 45.3 Å². The molecule has 0 aromatic carbocycles. The number of piperazine rings is 1. The zero-order valence-corrected chi connectivity index (χ0v) is 14.2. The molecule has 2 atom stereocenters. The lowest BCUT2D eigenvalue weighted by Gasteiger charge is -2.45. The van der Waals surface area contributed by atoms with Crippen molar-refractivity contribution in [3.05, 3.63) is 12.7 Å². The van der Waals surface area contributed by atoms with Gasteiger partial charge >= 0.3 is 0 Å². The van der Waals surface area contributed by atoms with Crippen molar-refractivity contribution in [1.29, 1.82) is 0 Å². The first kappa shape index (κ1) is 16.9. The van der Waals surface area contributed by atoms with Gasteiger partial charge in [-0.2, -0.15) is 0 Å². The lowest BCUT2D eigenvalue weighted by molar-refractivity contribution is 0.0538. The highest BCUT2D eigenvalue weighted by molar-refractivity contribution is 7.89. The Labute approximate surface area is 129 Å². The minimum absolute atomic E-state index is 0.197. The Kier molecular flexibility index (Phi) is 5.82. The zero-order valence-electron chi connectivity index (χ0n) is 13.4. The van der Waals surface area contributed by atoms with Crippen LogP contribution in [0.15, 0.2) is 12.7 Å². The summed E-state index contributed by atoms with van der Waals surface area (Å²) < 4.78 is 26.2. The van der Waals surface area contributed by atoms with Gasteiger partial charge in [-0.15, -0.1) is 6.58 Å². The zero-order chi connectivity index (χ0) is 15.5. The second kappa shape index (κ2) is 7.22. The van der Waals surface area contributed by atoms with Crippen LogP contribution in [-0.4, -0.2) is 80.6 Å². The van der Waals surface area contributed by atoms with Crippen molar-refractivity contribution in [2.75, 3.05) is 52.1 Å². The summed E-state index contributed by atoms with van der Waals surface area (Å²) in [4.78, 5) is 4.91. The number of hydrogen-bond donors (Lipinski definition) is 0. The normalized spacial score (nSPS) is 30.4. The maximum absolute atomic E-state index is 12.3. The molecule has 0 unspecified atom stereocenters. The maximum atomic E-state index is 12.3. The molecule has 2 heterocycles. The summed E-state index contributed by atoms with van der Waals surface area (Å²) in [5.74, 6) is 0.600. The predicted molar refractivity (Wildman–Crippen MR) is 86.8 cm³/mol. The standard InChI is InChI=1S/C15H29N3O2S/c1-4-5-12-21(19,20)18-7-6-15(14(2)13-18)17-10-8-16(3)9-11-17/h4,14-15H,1,5-13H2,2-3H3/t14-,15-/m1/s1. The van der Waals surface area contributed by atoms with Crippen molar-refractivity contribution in [3.8, 4) is 0 Å². The molecule has 0 aromatic heterocycles. The van der Waals surface area contributed by atoms with E-state index in [0.29, 0.717) is 31.5 Å². The lowest BCUT2D eigenvalue weighted by Crippen LogP contribution is -2.56. The molecule has 2 saturated heterocycles. The third kappa shape index (κ3) is 4.28. The highest BCUT2D eigenvalue weighted by Crippen LogP contribution is 2.25. The number of allylic oxidation sites excluding steroid dienone is 1. The molecule has 0 bridgehead atoms. The van der Waals surface area contributed by atoms with Gasteiger partial charge < -0.3 is 4.90 Å². The van der Waals surface area contributed by atoms with E-state index < -0.39 is 10.0 Å². The molecular weight excluding hydrogens is 286 g/mol. The van der Waals surface area contributed by atoms with Crippen molar-refractivity contribution in [1.82, 2.24) is 14.1 Å². The van der Waals surface area contributed by atoms with Gasteiger partial charge in [0.1, 0.15) is 0 Å². The van der Waals surface area contributed by atoms with Crippen molar-refractivity contribution < 1.29 is 8.42 Å². The molecule has 122 valence electrons.